The number of aliphatic hydroxyl groups is 1. The number of methoxy groups -OCH3 is 1. The second kappa shape index (κ2) is 5.64. The molecule has 0 radical (unpaired) electrons. The van der Waals surface area contributed by atoms with Crippen LogP contribution in [0, 0.1) is 13.8 Å². The van der Waals surface area contributed by atoms with Crippen LogP contribution in [0.5, 0.6) is 5.75 Å². The van der Waals surface area contributed by atoms with Crippen molar-refractivity contribution >= 4 is 11.6 Å². The fourth-order valence-electron chi connectivity index (χ4n) is 2.03. The topological polar surface area (TPSA) is 29.5 Å². The van der Waals surface area contributed by atoms with Crippen LogP contribution in [0.1, 0.15) is 28.4 Å². The van der Waals surface area contributed by atoms with Gasteiger partial charge in [0.1, 0.15) is 11.9 Å². The van der Waals surface area contributed by atoms with Crippen LogP contribution in [0.4, 0.5) is 0 Å². The standard InChI is InChI=1S/C16H17ClO2/c1-10-4-5-12(8-11(10)2)16(18)14-7-6-13(17)9-15(14)19-3/h4-9,16,18H,1-3H3. The first-order chi connectivity index (χ1) is 9.02. The molecule has 1 unspecified atom stereocenters. The summed E-state index contributed by atoms with van der Waals surface area (Å²) in [6.07, 6.45) is -0.716. The zero-order valence-corrected chi connectivity index (χ0v) is 12.0. The predicted molar refractivity (Wildman–Crippen MR) is 78.0 cm³/mol. The third kappa shape index (κ3) is 2.91. The van der Waals surface area contributed by atoms with E-state index in [4.69, 9.17) is 16.3 Å². The molecular weight excluding hydrogens is 260 g/mol. The van der Waals surface area contributed by atoms with Gasteiger partial charge in [-0.05, 0) is 42.7 Å². The van der Waals surface area contributed by atoms with Gasteiger partial charge >= 0.3 is 0 Å². The number of aliphatic hydroxyl groups excluding tert-OH is 1. The van der Waals surface area contributed by atoms with E-state index >= 15 is 0 Å². The SMILES string of the molecule is COc1cc(Cl)ccc1C(O)c1ccc(C)c(C)c1. The van der Waals surface area contributed by atoms with E-state index in [1.807, 2.05) is 32.0 Å². The van der Waals surface area contributed by atoms with Gasteiger partial charge in [0.05, 0.1) is 7.11 Å². The third-order valence-corrected chi connectivity index (χ3v) is 3.57. The van der Waals surface area contributed by atoms with Crippen LogP contribution in [0.3, 0.4) is 0 Å². The van der Waals surface area contributed by atoms with Crippen molar-refractivity contribution in [2.45, 2.75) is 20.0 Å². The summed E-state index contributed by atoms with van der Waals surface area (Å²) < 4.78 is 5.28. The van der Waals surface area contributed by atoms with Gasteiger partial charge < -0.3 is 9.84 Å². The van der Waals surface area contributed by atoms with Crippen LogP contribution in [0.2, 0.25) is 5.02 Å². The lowest BCUT2D eigenvalue weighted by Gasteiger charge is -2.16. The molecule has 2 aromatic rings. The van der Waals surface area contributed by atoms with Crippen LogP contribution >= 0.6 is 11.6 Å². The molecule has 2 aromatic carbocycles. The highest BCUT2D eigenvalue weighted by Crippen LogP contribution is 2.32. The summed E-state index contributed by atoms with van der Waals surface area (Å²) in [7, 11) is 1.57. The lowest BCUT2D eigenvalue weighted by Crippen LogP contribution is -2.03. The van der Waals surface area contributed by atoms with Gasteiger partial charge in [0.15, 0.2) is 0 Å². The minimum Gasteiger partial charge on any atom is -0.496 e. The molecule has 0 aromatic heterocycles. The fraction of sp³-hybridized carbons (Fsp3) is 0.250. The summed E-state index contributed by atoms with van der Waals surface area (Å²) >= 11 is 5.93. The Kier molecular flexibility index (Phi) is 4.13. The van der Waals surface area contributed by atoms with E-state index in [9.17, 15) is 5.11 Å². The van der Waals surface area contributed by atoms with Crippen molar-refractivity contribution in [2.24, 2.45) is 0 Å². The molecule has 0 aliphatic rings. The lowest BCUT2D eigenvalue weighted by atomic mass is 9.97. The van der Waals surface area contributed by atoms with Gasteiger partial charge in [-0.25, -0.2) is 0 Å². The first-order valence-corrected chi connectivity index (χ1v) is 6.49. The minimum absolute atomic E-state index is 0.591. The molecular formula is C16H17ClO2. The number of rotatable bonds is 3. The Morgan fingerprint density at radius 3 is 2.42 bits per heavy atom. The molecule has 1 atom stereocenters. The Morgan fingerprint density at radius 1 is 1.05 bits per heavy atom. The maximum Gasteiger partial charge on any atom is 0.126 e. The van der Waals surface area contributed by atoms with Crippen molar-refractivity contribution in [3.8, 4) is 5.75 Å². The highest BCUT2D eigenvalue weighted by atomic mass is 35.5. The summed E-state index contributed by atoms with van der Waals surface area (Å²) in [5, 5.41) is 11.1. The van der Waals surface area contributed by atoms with Gasteiger partial charge in [0.2, 0.25) is 0 Å². The van der Waals surface area contributed by atoms with Gasteiger partial charge in [-0.15, -0.1) is 0 Å². The minimum atomic E-state index is -0.716. The van der Waals surface area contributed by atoms with Crippen LogP contribution in [0.15, 0.2) is 36.4 Å². The molecule has 0 fully saturated rings. The van der Waals surface area contributed by atoms with Gasteiger partial charge in [0.25, 0.3) is 0 Å². The van der Waals surface area contributed by atoms with Crippen LogP contribution in [-0.4, -0.2) is 12.2 Å². The Balaban J connectivity index is 2.43. The molecule has 0 aliphatic heterocycles. The number of aryl methyl sites for hydroxylation is 2. The first-order valence-electron chi connectivity index (χ1n) is 6.11. The quantitative estimate of drug-likeness (QED) is 0.916. The highest BCUT2D eigenvalue weighted by Gasteiger charge is 2.16. The van der Waals surface area contributed by atoms with Crippen molar-refractivity contribution in [1.29, 1.82) is 0 Å². The molecule has 100 valence electrons. The summed E-state index contributed by atoms with van der Waals surface area (Å²) in [6.45, 7) is 4.08. The molecule has 0 saturated carbocycles. The van der Waals surface area contributed by atoms with E-state index in [1.165, 1.54) is 5.56 Å². The Labute approximate surface area is 118 Å². The molecule has 3 heteroatoms. The van der Waals surface area contributed by atoms with E-state index in [0.29, 0.717) is 10.8 Å². The van der Waals surface area contributed by atoms with Crippen molar-refractivity contribution in [3.05, 3.63) is 63.7 Å². The molecule has 1 N–H and O–H groups in total. The molecule has 2 rings (SSSR count). The average Bonchev–Trinajstić information content (AvgIpc) is 2.41. The smallest absolute Gasteiger partial charge is 0.126 e. The molecule has 0 saturated heterocycles. The summed E-state index contributed by atoms with van der Waals surface area (Å²) in [5.74, 6) is 0.596. The molecule has 19 heavy (non-hydrogen) atoms. The maximum absolute atomic E-state index is 10.5. The van der Waals surface area contributed by atoms with Crippen molar-refractivity contribution in [3.63, 3.8) is 0 Å². The normalized spacial score (nSPS) is 12.3. The van der Waals surface area contributed by atoms with E-state index in [-0.39, 0.29) is 0 Å². The lowest BCUT2D eigenvalue weighted by molar-refractivity contribution is 0.214. The molecule has 0 heterocycles. The Hall–Kier alpha value is -1.51. The maximum atomic E-state index is 10.5. The van der Waals surface area contributed by atoms with Crippen molar-refractivity contribution < 1.29 is 9.84 Å². The van der Waals surface area contributed by atoms with Gasteiger partial charge in [-0.1, -0.05) is 35.9 Å². The fourth-order valence-corrected chi connectivity index (χ4v) is 2.19. The second-order valence-corrected chi connectivity index (χ2v) is 5.07. The van der Waals surface area contributed by atoms with Gasteiger partial charge in [-0.3, -0.25) is 0 Å². The molecule has 0 bridgehead atoms. The van der Waals surface area contributed by atoms with Gasteiger partial charge in [-0.2, -0.15) is 0 Å². The first kappa shape index (κ1) is 13.9. The Bertz CT molecular complexity index is 593. The summed E-state index contributed by atoms with van der Waals surface area (Å²) in [5.41, 5.74) is 3.93. The van der Waals surface area contributed by atoms with E-state index in [0.717, 1.165) is 16.7 Å². The van der Waals surface area contributed by atoms with E-state index in [1.54, 1.807) is 25.3 Å². The molecule has 0 aliphatic carbocycles. The monoisotopic (exact) mass is 276 g/mol. The predicted octanol–water partition coefficient (Wildman–Crippen LogP) is 4.05. The van der Waals surface area contributed by atoms with Crippen LogP contribution in [-0.2, 0) is 0 Å². The Morgan fingerprint density at radius 2 is 1.79 bits per heavy atom. The summed E-state index contributed by atoms with van der Waals surface area (Å²) in [4.78, 5) is 0. The number of benzene rings is 2. The molecule has 0 amide bonds. The zero-order chi connectivity index (χ0) is 14.0. The number of hydrogen-bond acceptors (Lipinski definition) is 2. The van der Waals surface area contributed by atoms with Gasteiger partial charge in [0, 0.05) is 10.6 Å². The number of hydrogen-bond donors (Lipinski definition) is 1. The van der Waals surface area contributed by atoms with E-state index in [2.05, 4.69) is 0 Å². The average molecular weight is 277 g/mol. The van der Waals surface area contributed by atoms with Crippen molar-refractivity contribution in [2.75, 3.05) is 7.11 Å². The highest BCUT2D eigenvalue weighted by molar-refractivity contribution is 6.30. The summed E-state index contributed by atoms with van der Waals surface area (Å²) in [6, 6.07) is 11.2. The number of halogens is 1. The van der Waals surface area contributed by atoms with Crippen LogP contribution < -0.4 is 4.74 Å². The molecule has 0 spiro atoms. The molecule has 2 nitrogen and oxygen atoms in total. The zero-order valence-electron chi connectivity index (χ0n) is 11.3. The second-order valence-electron chi connectivity index (χ2n) is 4.63. The van der Waals surface area contributed by atoms with Crippen molar-refractivity contribution in [1.82, 2.24) is 0 Å². The number of ether oxygens (including phenoxy) is 1. The largest absolute Gasteiger partial charge is 0.496 e. The van der Waals surface area contributed by atoms with Crippen LogP contribution in [0.25, 0.3) is 0 Å². The third-order valence-electron chi connectivity index (χ3n) is 3.34. The van der Waals surface area contributed by atoms with E-state index < -0.39 is 6.10 Å².